The van der Waals surface area contributed by atoms with Crippen LogP contribution in [-0.4, -0.2) is 83.1 Å². The van der Waals surface area contributed by atoms with Crippen LogP contribution in [0.2, 0.25) is 0 Å². The molecule has 0 unspecified atom stereocenters. The van der Waals surface area contributed by atoms with E-state index in [1.54, 1.807) is 14.2 Å². The maximum absolute atomic E-state index is 12.9. The zero-order valence-electron chi connectivity index (χ0n) is 17.6. The van der Waals surface area contributed by atoms with Gasteiger partial charge in [0, 0.05) is 38.8 Å². The van der Waals surface area contributed by atoms with E-state index in [-0.39, 0.29) is 18.4 Å². The van der Waals surface area contributed by atoms with Crippen LogP contribution in [0.3, 0.4) is 0 Å². The minimum Gasteiger partial charge on any atom is -0.497 e. The van der Waals surface area contributed by atoms with Crippen molar-refractivity contribution in [2.45, 2.75) is 19.3 Å². The molecule has 1 amide bonds. The van der Waals surface area contributed by atoms with Crippen LogP contribution >= 0.6 is 0 Å². The van der Waals surface area contributed by atoms with Crippen LogP contribution in [0.1, 0.15) is 18.4 Å². The number of carbonyl (C=O) groups is 1. The second-order valence-corrected chi connectivity index (χ2v) is 9.36. The van der Waals surface area contributed by atoms with Gasteiger partial charge in [0.1, 0.15) is 11.5 Å². The number of carbonyl (C=O) groups excluding carboxylic acids is 1. The summed E-state index contributed by atoms with van der Waals surface area (Å²) in [6, 6.07) is 5.59. The Morgan fingerprint density at radius 1 is 1.17 bits per heavy atom. The van der Waals surface area contributed by atoms with Crippen LogP contribution in [0.15, 0.2) is 18.2 Å². The molecule has 10 heteroatoms. The predicted octanol–water partition coefficient (Wildman–Crippen LogP) is 0.652. The van der Waals surface area contributed by atoms with E-state index >= 15 is 0 Å². The number of piperidine rings is 1. The summed E-state index contributed by atoms with van der Waals surface area (Å²) >= 11 is 0. The smallest absolute Gasteiger partial charge is 0.282 e. The first-order chi connectivity index (χ1) is 14.5. The average molecular weight is 442 g/mol. The zero-order chi connectivity index (χ0) is 21.6. The molecule has 2 fully saturated rings. The molecule has 168 valence electrons. The monoisotopic (exact) mass is 441 g/mol. The summed E-state index contributed by atoms with van der Waals surface area (Å²) < 4.78 is 44.5. The van der Waals surface area contributed by atoms with Crippen molar-refractivity contribution < 1.29 is 27.4 Å². The predicted molar refractivity (Wildman–Crippen MR) is 112 cm³/mol. The van der Waals surface area contributed by atoms with Crippen LogP contribution in [0.25, 0.3) is 0 Å². The standard InChI is InChI=1S/C20H31N3O6S/c1-27-18-6-5-16(19(14-18)28-2)7-8-21-20(24)17-4-3-9-23(15-17)30(25,26)22-10-12-29-13-11-22/h5-6,14,17H,3-4,7-13,15H2,1-2H3,(H,21,24)/t17-/m1/s1. The van der Waals surface area contributed by atoms with Crippen molar-refractivity contribution in [1.29, 1.82) is 0 Å². The van der Waals surface area contributed by atoms with Crippen LogP contribution < -0.4 is 14.8 Å². The highest BCUT2D eigenvalue weighted by atomic mass is 32.2. The molecular formula is C20H31N3O6S. The number of methoxy groups -OCH3 is 2. The summed E-state index contributed by atoms with van der Waals surface area (Å²) in [4.78, 5) is 12.7. The number of rotatable bonds is 8. The highest BCUT2D eigenvalue weighted by Gasteiger charge is 2.36. The molecular weight excluding hydrogens is 410 g/mol. The zero-order valence-corrected chi connectivity index (χ0v) is 18.4. The van der Waals surface area contributed by atoms with Crippen LogP contribution in [0.4, 0.5) is 0 Å². The Hall–Kier alpha value is -1.88. The van der Waals surface area contributed by atoms with Crippen molar-refractivity contribution in [1.82, 2.24) is 13.9 Å². The topological polar surface area (TPSA) is 97.4 Å². The lowest BCUT2D eigenvalue weighted by molar-refractivity contribution is -0.126. The van der Waals surface area contributed by atoms with Gasteiger partial charge in [-0.25, -0.2) is 0 Å². The summed E-state index contributed by atoms with van der Waals surface area (Å²) in [5.41, 5.74) is 0.971. The highest BCUT2D eigenvalue weighted by Crippen LogP contribution is 2.25. The first kappa shape index (κ1) is 22.8. The molecule has 0 bridgehead atoms. The molecule has 0 saturated carbocycles. The number of nitrogens with zero attached hydrogens (tertiary/aromatic N) is 2. The molecule has 0 aliphatic carbocycles. The third-order valence-electron chi connectivity index (χ3n) is 5.57. The molecule has 1 N–H and O–H groups in total. The lowest BCUT2D eigenvalue weighted by atomic mass is 9.98. The second-order valence-electron chi connectivity index (χ2n) is 7.44. The number of hydrogen-bond donors (Lipinski definition) is 1. The van der Waals surface area contributed by atoms with Crippen molar-refractivity contribution in [3.63, 3.8) is 0 Å². The van der Waals surface area contributed by atoms with Crippen molar-refractivity contribution in [3.8, 4) is 11.5 Å². The highest BCUT2D eigenvalue weighted by molar-refractivity contribution is 7.86. The van der Waals surface area contributed by atoms with Crippen LogP contribution in [0.5, 0.6) is 11.5 Å². The van der Waals surface area contributed by atoms with Gasteiger partial charge in [0.2, 0.25) is 5.91 Å². The molecule has 1 aromatic carbocycles. The van der Waals surface area contributed by atoms with E-state index in [9.17, 15) is 13.2 Å². The van der Waals surface area contributed by atoms with Gasteiger partial charge in [-0.1, -0.05) is 6.07 Å². The molecule has 0 radical (unpaired) electrons. The maximum Gasteiger partial charge on any atom is 0.282 e. The minimum absolute atomic E-state index is 0.107. The third kappa shape index (κ3) is 5.42. The van der Waals surface area contributed by atoms with E-state index in [0.717, 1.165) is 5.56 Å². The molecule has 2 aliphatic rings. The molecule has 2 heterocycles. The first-order valence-electron chi connectivity index (χ1n) is 10.3. The van der Waals surface area contributed by atoms with Crippen molar-refractivity contribution in [2.75, 3.05) is 60.2 Å². The van der Waals surface area contributed by atoms with Crippen LogP contribution in [-0.2, 0) is 26.2 Å². The molecule has 2 aliphatic heterocycles. The molecule has 9 nitrogen and oxygen atoms in total. The van der Waals surface area contributed by atoms with E-state index in [2.05, 4.69) is 5.32 Å². The summed E-state index contributed by atoms with van der Waals surface area (Å²) in [5, 5.41) is 2.95. The Labute approximate surface area is 178 Å². The Kier molecular flexibility index (Phi) is 7.93. The largest absolute Gasteiger partial charge is 0.497 e. The normalized spacial score (nSPS) is 21.2. The quantitative estimate of drug-likeness (QED) is 0.636. The summed E-state index contributed by atoms with van der Waals surface area (Å²) in [6.07, 6.45) is 1.97. The molecule has 0 aromatic heterocycles. The molecule has 1 aromatic rings. The maximum atomic E-state index is 12.9. The number of benzene rings is 1. The van der Waals surface area contributed by atoms with Crippen LogP contribution in [0, 0.1) is 5.92 Å². The summed E-state index contributed by atoms with van der Waals surface area (Å²) in [6.45, 7) is 2.66. The summed E-state index contributed by atoms with van der Waals surface area (Å²) in [5.74, 6) is 0.976. The fourth-order valence-corrected chi connectivity index (χ4v) is 5.49. The fourth-order valence-electron chi connectivity index (χ4n) is 3.83. The lowest BCUT2D eigenvalue weighted by Gasteiger charge is -2.36. The van der Waals surface area contributed by atoms with E-state index in [1.807, 2.05) is 18.2 Å². The Morgan fingerprint density at radius 2 is 1.93 bits per heavy atom. The number of ether oxygens (including phenoxy) is 3. The summed E-state index contributed by atoms with van der Waals surface area (Å²) in [7, 11) is -0.354. The molecule has 2 saturated heterocycles. The van der Waals surface area contributed by atoms with Gasteiger partial charge in [-0.3, -0.25) is 4.79 Å². The average Bonchev–Trinajstić information content (AvgIpc) is 2.79. The van der Waals surface area contributed by atoms with Gasteiger partial charge >= 0.3 is 0 Å². The van der Waals surface area contributed by atoms with Gasteiger partial charge in [-0.2, -0.15) is 17.0 Å². The number of hydrogen-bond acceptors (Lipinski definition) is 6. The number of nitrogens with one attached hydrogen (secondary N) is 1. The number of morpholine rings is 1. The van der Waals surface area contributed by atoms with Gasteiger partial charge < -0.3 is 19.5 Å². The first-order valence-corrected chi connectivity index (χ1v) is 11.7. The fraction of sp³-hybridized carbons (Fsp3) is 0.650. The van der Waals surface area contributed by atoms with Crippen molar-refractivity contribution in [3.05, 3.63) is 23.8 Å². The Balaban J connectivity index is 1.53. The van der Waals surface area contributed by atoms with E-state index < -0.39 is 10.2 Å². The van der Waals surface area contributed by atoms with Gasteiger partial charge in [-0.15, -0.1) is 0 Å². The van der Waals surface area contributed by atoms with E-state index in [1.165, 1.54) is 8.61 Å². The molecule has 1 atom stereocenters. The number of amides is 1. The van der Waals surface area contributed by atoms with E-state index in [4.69, 9.17) is 14.2 Å². The van der Waals surface area contributed by atoms with Crippen molar-refractivity contribution in [2.24, 2.45) is 5.92 Å². The van der Waals surface area contributed by atoms with Crippen molar-refractivity contribution >= 4 is 16.1 Å². The van der Waals surface area contributed by atoms with E-state index in [0.29, 0.717) is 70.2 Å². The SMILES string of the molecule is COc1ccc(CCNC(=O)[C@@H]2CCCN(S(=O)(=O)N3CCOCC3)C2)c(OC)c1. The van der Waals surface area contributed by atoms with Gasteiger partial charge in [-0.05, 0) is 30.9 Å². The van der Waals surface area contributed by atoms with Gasteiger partial charge in [0.15, 0.2) is 0 Å². The Morgan fingerprint density at radius 3 is 2.63 bits per heavy atom. The van der Waals surface area contributed by atoms with Gasteiger partial charge in [0.05, 0.1) is 33.4 Å². The van der Waals surface area contributed by atoms with Gasteiger partial charge in [0.25, 0.3) is 10.2 Å². The second kappa shape index (κ2) is 10.4. The minimum atomic E-state index is -3.55. The molecule has 30 heavy (non-hydrogen) atoms. The Bertz CT molecular complexity index is 826. The lowest BCUT2D eigenvalue weighted by Crippen LogP contribution is -2.53. The molecule has 3 rings (SSSR count). The molecule has 0 spiro atoms. The third-order valence-corrected chi connectivity index (χ3v) is 7.57.